The lowest BCUT2D eigenvalue weighted by Crippen LogP contribution is -2.51. The topological polar surface area (TPSA) is 66.4 Å². The number of nitrogens with one attached hydrogen (secondary N) is 1. The molecule has 1 atom stereocenters. The number of rotatable bonds is 4. The van der Waals surface area contributed by atoms with Crippen molar-refractivity contribution in [2.45, 2.75) is 25.8 Å². The third-order valence-corrected chi connectivity index (χ3v) is 3.92. The van der Waals surface area contributed by atoms with Gasteiger partial charge in [-0.2, -0.15) is 0 Å². The van der Waals surface area contributed by atoms with Gasteiger partial charge in [0.25, 0.3) is 5.91 Å². The number of hydrogen-bond acceptors (Lipinski definition) is 2. The molecule has 1 aromatic rings. The highest BCUT2D eigenvalue weighted by Gasteiger charge is 2.33. The van der Waals surface area contributed by atoms with E-state index < -0.39 is 17.4 Å². The predicted octanol–water partition coefficient (Wildman–Crippen LogP) is 2.93. The van der Waals surface area contributed by atoms with Crippen molar-refractivity contribution in [2.24, 2.45) is 0 Å². The van der Waals surface area contributed by atoms with Crippen LogP contribution in [0.5, 0.6) is 0 Å². The van der Waals surface area contributed by atoms with Crippen molar-refractivity contribution in [3.8, 4) is 0 Å². The van der Waals surface area contributed by atoms with Crippen molar-refractivity contribution in [3.05, 3.63) is 32.4 Å². The summed E-state index contributed by atoms with van der Waals surface area (Å²) in [7, 11) is 0. The molecule has 0 aliphatic rings. The van der Waals surface area contributed by atoms with Crippen LogP contribution in [0.2, 0.25) is 5.02 Å². The smallest absolute Gasteiger partial charge is 0.329 e. The van der Waals surface area contributed by atoms with E-state index in [0.717, 1.165) is 3.57 Å². The van der Waals surface area contributed by atoms with Gasteiger partial charge in [0.15, 0.2) is 0 Å². The number of carboxylic acid groups (broad SMARTS) is 1. The molecule has 0 aliphatic carbocycles. The van der Waals surface area contributed by atoms with Crippen LogP contribution in [0.1, 0.15) is 30.6 Å². The maximum atomic E-state index is 12.1. The Labute approximate surface area is 124 Å². The Morgan fingerprint density at radius 2 is 2.11 bits per heavy atom. The molecule has 0 saturated carbocycles. The quantitative estimate of drug-likeness (QED) is 0.788. The molecular weight excluding hydrogens is 368 g/mol. The van der Waals surface area contributed by atoms with Gasteiger partial charge in [-0.1, -0.05) is 18.5 Å². The molecule has 0 aliphatic heterocycles. The van der Waals surface area contributed by atoms with Gasteiger partial charge in [-0.25, -0.2) is 4.79 Å². The molecular formula is C12H13ClINO3. The highest BCUT2D eigenvalue weighted by molar-refractivity contribution is 14.1. The molecule has 0 heterocycles. The first kappa shape index (κ1) is 15.2. The van der Waals surface area contributed by atoms with Crippen LogP contribution in [0, 0.1) is 3.57 Å². The van der Waals surface area contributed by atoms with Crippen LogP contribution in [0.15, 0.2) is 18.2 Å². The highest BCUT2D eigenvalue weighted by Crippen LogP contribution is 2.19. The second-order valence-electron chi connectivity index (χ2n) is 4.07. The van der Waals surface area contributed by atoms with Crippen LogP contribution < -0.4 is 5.32 Å². The van der Waals surface area contributed by atoms with Crippen molar-refractivity contribution in [3.63, 3.8) is 0 Å². The van der Waals surface area contributed by atoms with Gasteiger partial charge in [0.1, 0.15) is 5.54 Å². The van der Waals surface area contributed by atoms with E-state index >= 15 is 0 Å². The van der Waals surface area contributed by atoms with Crippen LogP contribution in [0.3, 0.4) is 0 Å². The number of carboxylic acids is 1. The number of carbonyl (C=O) groups excluding carboxylic acids is 1. The van der Waals surface area contributed by atoms with E-state index in [9.17, 15) is 9.59 Å². The Morgan fingerprint density at radius 1 is 1.50 bits per heavy atom. The fourth-order valence-corrected chi connectivity index (χ4v) is 2.04. The normalized spacial score (nSPS) is 13.8. The van der Waals surface area contributed by atoms with E-state index in [-0.39, 0.29) is 0 Å². The molecule has 18 heavy (non-hydrogen) atoms. The number of halogens is 2. The molecule has 1 amide bonds. The molecule has 1 aromatic carbocycles. The van der Waals surface area contributed by atoms with E-state index in [2.05, 4.69) is 5.32 Å². The number of carbonyl (C=O) groups is 2. The first-order valence-electron chi connectivity index (χ1n) is 5.31. The SMILES string of the molecule is CCC(C)(NC(=O)c1cc(Cl)ccc1I)C(=O)O. The lowest BCUT2D eigenvalue weighted by molar-refractivity contribution is -0.143. The van der Waals surface area contributed by atoms with E-state index in [1.54, 1.807) is 19.1 Å². The Balaban J connectivity index is 3.02. The monoisotopic (exact) mass is 381 g/mol. The number of hydrogen-bond donors (Lipinski definition) is 2. The third kappa shape index (κ3) is 3.35. The minimum Gasteiger partial charge on any atom is -0.480 e. The first-order valence-corrected chi connectivity index (χ1v) is 6.77. The van der Waals surface area contributed by atoms with E-state index in [1.165, 1.54) is 13.0 Å². The number of amides is 1. The van der Waals surface area contributed by atoms with Gasteiger partial charge in [0.2, 0.25) is 0 Å². The summed E-state index contributed by atoms with van der Waals surface area (Å²) in [6.07, 6.45) is 0.297. The fourth-order valence-electron chi connectivity index (χ4n) is 1.28. The van der Waals surface area contributed by atoms with Crippen LogP contribution in [-0.4, -0.2) is 22.5 Å². The van der Waals surface area contributed by atoms with Crippen molar-refractivity contribution in [1.29, 1.82) is 0 Å². The second kappa shape index (κ2) is 5.88. The molecule has 6 heteroatoms. The molecule has 0 aromatic heterocycles. The molecule has 0 bridgehead atoms. The van der Waals surface area contributed by atoms with Crippen molar-refractivity contribution >= 4 is 46.1 Å². The Hall–Kier alpha value is -0.820. The maximum Gasteiger partial charge on any atom is 0.329 e. The summed E-state index contributed by atoms with van der Waals surface area (Å²) in [6.45, 7) is 3.18. The molecule has 1 rings (SSSR count). The zero-order chi connectivity index (χ0) is 13.9. The van der Waals surface area contributed by atoms with Gasteiger partial charge in [0.05, 0.1) is 5.56 Å². The predicted molar refractivity (Wildman–Crippen MR) is 78.0 cm³/mol. The molecule has 2 N–H and O–H groups in total. The summed E-state index contributed by atoms with van der Waals surface area (Å²) in [5, 5.41) is 12.1. The third-order valence-electron chi connectivity index (χ3n) is 2.74. The lowest BCUT2D eigenvalue weighted by atomic mass is 9.98. The van der Waals surface area contributed by atoms with Crippen molar-refractivity contribution in [2.75, 3.05) is 0 Å². The van der Waals surface area contributed by atoms with Crippen LogP contribution in [-0.2, 0) is 4.79 Å². The summed E-state index contributed by atoms with van der Waals surface area (Å²) >= 11 is 7.84. The lowest BCUT2D eigenvalue weighted by Gasteiger charge is -2.24. The number of benzene rings is 1. The largest absolute Gasteiger partial charge is 0.480 e. The first-order chi connectivity index (χ1) is 8.30. The highest BCUT2D eigenvalue weighted by atomic mass is 127. The van der Waals surface area contributed by atoms with Gasteiger partial charge in [0, 0.05) is 8.59 Å². The fraction of sp³-hybridized carbons (Fsp3) is 0.333. The molecule has 98 valence electrons. The van der Waals surface area contributed by atoms with Gasteiger partial charge < -0.3 is 10.4 Å². The average molecular weight is 382 g/mol. The summed E-state index contributed by atoms with van der Waals surface area (Å²) in [4.78, 5) is 23.2. The Bertz CT molecular complexity index is 492. The van der Waals surface area contributed by atoms with Crippen molar-refractivity contribution in [1.82, 2.24) is 5.32 Å². The zero-order valence-corrected chi connectivity index (χ0v) is 12.9. The van der Waals surface area contributed by atoms with Crippen molar-refractivity contribution < 1.29 is 14.7 Å². The van der Waals surface area contributed by atoms with Gasteiger partial charge in [-0.3, -0.25) is 4.79 Å². The molecule has 0 spiro atoms. The number of aliphatic carboxylic acids is 1. The summed E-state index contributed by atoms with van der Waals surface area (Å²) < 4.78 is 0.721. The Kier molecular flexibility index (Phi) is 4.98. The van der Waals surface area contributed by atoms with E-state index in [0.29, 0.717) is 17.0 Å². The molecule has 4 nitrogen and oxygen atoms in total. The summed E-state index contributed by atoms with van der Waals surface area (Å²) in [5.41, 5.74) is -0.897. The maximum absolute atomic E-state index is 12.1. The molecule has 0 fully saturated rings. The second-order valence-corrected chi connectivity index (χ2v) is 5.67. The zero-order valence-electron chi connectivity index (χ0n) is 9.96. The minimum atomic E-state index is -1.28. The van der Waals surface area contributed by atoms with Gasteiger partial charge in [-0.05, 0) is 54.1 Å². The van der Waals surface area contributed by atoms with E-state index in [4.69, 9.17) is 16.7 Å². The average Bonchev–Trinajstić information content (AvgIpc) is 2.31. The van der Waals surface area contributed by atoms with Gasteiger partial charge in [-0.15, -0.1) is 0 Å². The summed E-state index contributed by atoms with van der Waals surface area (Å²) in [5.74, 6) is -1.50. The van der Waals surface area contributed by atoms with Crippen LogP contribution in [0.25, 0.3) is 0 Å². The summed E-state index contributed by atoms with van der Waals surface area (Å²) in [6, 6.07) is 4.91. The molecule has 0 radical (unpaired) electrons. The van der Waals surface area contributed by atoms with Crippen LogP contribution >= 0.6 is 34.2 Å². The molecule has 0 saturated heterocycles. The Morgan fingerprint density at radius 3 is 2.61 bits per heavy atom. The van der Waals surface area contributed by atoms with Gasteiger partial charge >= 0.3 is 5.97 Å². The van der Waals surface area contributed by atoms with Crippen LogP contribution in [0.4, 0.5) is 0 Å². The standard InChI is InChI=1S/C12H13ClINO3/c1-3-12(2,11(17)18)15-10(16)8-6-7(13)4-5-9(8)14/h4-6H,3H2,1-2H3,(H,15,16)(H,17,18). The minimum absolute atomic E-state index is 0.297. The van der Waals surface area contributed by atoms with E-state index in [1.807, 2.05) is 22.6 Å². The molecule has 1 unspecified atom stereocenters.